The van der Waals surface area contributed by atoms with Gasteiger partial charge in [0.2, 0.25) is 5.91 Å². The number of rotatable bonds is 5. The number of fused-ring (bicyclic) bond motifs is 1. The van der Waals surface area contributed by atoms with Gasteiger partial charge in [-0.3, -0.25) is 4.79 Å². The summed E-state index contributed by atoms with van der Waals surface area (Å²) >= 11 is 1.91. The van der Waals surface area contributed by atoms with Gasteiger partial charge in [-0.15, -0.1) is 11.8 Å². The Morgan fingerprint density at radius 2 is 2.28 bits per heavy atom. The molecule has 1 aromatic rings. The van der Waals surface area contributed by atoms with Crippen molar-refractivity contribution < 1.29 is 4.79 Å². The summed E-state index contributed by atoms with van der Waals surface area (Å²) in [6.45, 7) is 5.41. The third-order valence-electron chi connectivity index (χ3n) is 3.11. The Hall–Kier alpha value is -1.00. The van der Waals surface area contributed by atoms with Crippen LogP contribution < -0.4 is 10.6 Å². The minimum Gasteiger partial charge on any atom is -0.355 e. The van der Waals surface area contributed by atoms with Gasteiger partial charge in [-0.2, -0.15) is 0 Å². The molecule has 0 fully saturated rings. The molecule has 3 nitrogen and oxygen atoms in total. The van der Waals surface area contributed by atoms with Gasteiger partial charge < -0.3 is 10.6 Å². The molecule has 0 aliphatic carbocycles. The van der Waals surface area contributed by atoms with Crippen molar-refractivity contribution in [2.45, 2.75) is 36.5 Å². The lowest BCUT2D eigenvalue weighted by molar-refractivity contribution is -0.122. The van der Waals surface area contributed by atoms with E-state index in [-0.39, 0.29) is 11.9 Å². The lowest BCUT2D eigenvalue weighted by atomic mass is 10.1. The summed E-state index contributed by atoms with van der Waals surface area (Å²) in [5.74, 6) is 0.0815. The molecule has 2 unspecified atom stereocenters. The molecular weight excluding hydrogens is 244 g/mol. The van der Waals surface area contributed by atoms with E-state index in [1.807, 2.05) is 25.6 Å². The summed E-state index contributed by atoms with van der Waals surface area (Å²) in [4.78, 5) is 13.0. The van der Waals surface area contributed by atoms with E-state index in [0.717, 1.165) is 13.0 Å². The second-order valence-corrected chi connectivity index (χ2v) is 5.92. The van der Waals surface area contributed by atoms with Crippen molar-refractivity contribution in [1.29, 1.82) is 0 Å². The van der Waals surface area contributed by atoms with E-state index < -0.39 is 0 Å². The van der Waals surface area contributed by atoms with Crippen LogP contribution in [0.3, 0.4) is 0 Å². The Morgan fingerprint density at radius 1 is 1.50 bits per heavy atom. The zero-order chi connectivity index (χ0) is 13.0. The average molecular weight is 264 g/mol. The molecule has 0 radical (unpaired) electrons. The molecule has 98 valence electrons. The predicted molar refractivity (Wildman–Crippen MR) is 75.9 cm³/mol. The molecule has 2 atom stereocenters. The van der Waals surface area contributed by atoms with Gasteiger partial charge in [0.15, 0.2) is 0 Å². The standard InChI is InChI=1S/C14H20N2OS/c1-3-15-14(17)10(2)16-9-12-8-11-6-4-5-7-13(11)18-12/h4-7,10,12,16H,3,8-9H2,1-2H3,(H,15,17). The lowest BCUT2D eigenvalue weighted by Crippen LogP contribution is -2.44. The highest BCUT2D eigenvalue weighted by Crippen LogP contribution is 2.36. The summed E-state index contributed by atoms with van der Waals surface area (Å²) < 4.78 is 0. The van der Waals surface area contributed by atoms with Gasteiger partial charge in [0.1, 0.15) is 0 Å². The van der Waals surface area contributed by atoms with E-state index >= 15 is 0 Å². The summed E-state index contributed by atoms with van der Waals surface area (Å²) in [5, 5.41) is 6.68. The zero-order valence-electron chi connectivity index (χ0n) is 10.9. The fraction of sp³-hybridized carbons (Fsp3) is 0.500. The van der Waals surface area contributed by atoms with Crippen LogP contribution >= 0.6 is 11.8 Å². The number of hydrogen-bond donors (Lipinski definition) is 2. The molecule has 4 heteroatoms. The van der Waals surface area contributed by atoms with Crippen molar-refractivity contribution in [2.75, 3.05) is 13.1 Å². The molecule has 1 aliphatic heterocycles. The topological polar surface area (TPSA) is 41.1 Å². The summed E-state index contributed by atoms with van der Waals surface area (Å²) in [7, 11) is 0. The van der Waals surface area contributed by atoms with Crippen molar-refractivity contribution in [3.63, 3.8) is 0 Å². The molecule has 1 amide bonds. The minimum atomic E-state index is -0.116. The van der Waals surface area contributed by atoms with Gasteiger partial charge >= 0.3 is 0 Å². The predicted octanol–water partition coefficient (Wildman–Crippen LogP) is 1.82. The van der Waals surface area contributed by atoms with Crippen molar-refractivity contribution >= 4 is 17.7 Å². The van der Waals surface area contributed by atoms with E-state index in [4.69, 9.17) is 0 Å². The number of carbonyl (C=O) groups is 1. The SMILES string of the molecule is CCNC(=O)C(C)NCC1Cc2ccccc2S1. The van der Waals surface area contributed by atoms with Crippen LogP contribution in [0.2, 0.25) is 0 Å². The zero-order valence-corrected chi connectivity index (χ0v) is 11.7. The van der Waals surface area contributed by atoms with Crippen molar-refractivity contribution in [1.82, 2.24) is 10.6 Å². The summed E-state index contributed by atoms with van der Waals surface area (Å²) in [5.41, 5.74) is 1.43. The highest BCUT2D eigenvalue weighted by Gasteiger charge is 2.22. The first-order chi connectivity index (χ1) is 8.70. The molecule has 2 N–H and O–H groups in total. The van der Waals surface area contributed by atoms with Crippen molar-refractivity contribution in [3.05, 3.63) is 29.8 Å². The lowest BCUT2D eigenvalue weighted by Gasteiger charge is -2.16. The molecule has 0 spiro atoms. The second kappa shape index (κ2) is 6.25. The third-order valence-corrected chi connectivity index (χ3v) is 4.43. The molecule has 1 aliphatic rings. The number of benzene rings is 1. The Balaban J connectivity index is 1.78. The minimum absolute atomic E-state index is 0.0815. The van der Waals surface area contributed by atoms with Gasteiger partial charge in [-0.25, -0.2) is 0 Å². The Labute approximate surface area is 113 Å². The highest BCUT2D eigenvalue weighted by atomic mass is 32.2. The number of carbonyl (C=O) groups excluding carboxylic acids is 1. The molecule has 0 saturated heterocycles. The van der Waals surface area contributed by atoms with Crippen molar-refractivity contribution in [3.8, 4) is 0 Å². The quantitative estimate of drug-likeness (QED) is 0.852. The van der Waals surface area contributed by atoms with Gasteiger partial charge in [-0.05, 0) is 31.9 Å². The molecular formula is C14H20N2OS. The first-order valence-electron chi connectivity index (χ1n) is 6.46. The van der Waals surface area contributed by atoms with E-state index in [0.29, 0.717) is 11.8 Å². The van der Waals surface area contributed by atoms with Crippen LogP contribution in [0.25, 0.3) is 0 Å². The van der Waals surface area contributed by atoms with Crippen LogP contribution in [0.1, 0.15) is 19.4 Å². The average Bonchev–Trinajstić information content (AvgIpc) is 2.78. The first-order valence-corrected chi connectivity index (χ1v) is 7.34. The number of amides is 1. The monoisotopic (exact) mass is 264 g/mol. The molecule has 0 bridgehead atoms. The third kappa shape index (κ3) is 3.27. The van der Waals surface area contributed by atoms with Crippen LogP contribution in [-0.4, -0.2) is 30.3 Å². The van der Waals surface area contributed by atoms with E-state index in [2.05, 4.69) is 34.9 Å². The summed E-state index contributed by atoms with van der Waals surface area (Å²) in [6, 6.07) is 8.42. The van der Waals surface area contributed by atoms with Crippen LogP contribution in [-0.2, 0) is 11.2 Å². The molecule has 0 saturated carbocycles. The second-order valence-electron chi connectivity index (χ2n) is 4.58. The van der Waals surface area contributed by atoms with E-state index in [1.54, 1.807) is 0 Å². The smallest absolute Gasteiger partial charge is 0.236 e. The maximum absolute atomic E-state index is 11.6. The van der Waals surface area contributed by atoms with Crippen LogP contribution in [0.4, 0.5) is 0 Å². The number of nitrogens with one attached hydrogen (secondary N) is 2. The normalized spacial score (nSPS) is 19.3. The molecule has 1 heterocycles. The Morgan fingerprint density at radius 3 is 3.00 bits per heavy atom. The first kappa shape index (κ1) is 13.4. The van der Waals surface area contributed by atoms with Crippen LogP contribution in [0.5, 0.6) is 0 Å². The fourth-order valence-corrected chi connectivity index (χ4v) is 3.36. The fourth-order valence-electron chi connectivity index (χ4n) is 2.10. The molecule has 1 aromatic carbocycles. The van der Waals surface area contributed by atoms with E-state index in [1.165, 1.54) is 10.5 Å². The maximum Gasteiger partial charge on any atom is 0.236 e. The van der Waals surface area contributed by atoms with Gasteiger partial charge in [0.05, 0.1) is 6.04 Å². The van der Waals surface area contributed by atoms with Gasteiger partial charge in [0, 0.05) is 23.2 Å². The number of hydrogen-bond acceptors (Lipinski definition) is 3. The van der Waals surface area contributed by atoms with Crippen LogP contribution in [0.15, 0.2) is 29.2 Å². The molecule has 0 aromatic heterocycles. The molecule has 2 rings (SSSR count). The van der Waals surface area contributed by atoms with Crippen LogP contribution in [0, 0.1) is 0 Å². The Kier molecular flexibility index (Phi) is 4.66. The van der Waals surface area contributed by atoms with Gasteiger partial charge in [0.25, 0.3) is 0 Å². The van der Waals surface area contributed by atoms with E-state index in [9.17, 15) is 4.79 Å². The maximum atomic E-state index is 11.6. The Bertz CT molecular complexity index is 397. The number of likely N-dealkylation sites (N-methyl/N-ethyl adjacent to an activating group) is 1. The largest absolute Gasteiger partial charge is 0.355 e. The number of thioether (sulfide) groups is 1. The van der Waals surface area contributed by atoms with Gasteiger partial charge in [-0.1, -0.05) is 18.2 Å². The molecule has 18 heavy (non-hydrogen) atoms. The van der Waals surface area contributed by atoms with Crippen molar-refractivity contribution in [2.24, 2.45) is 0 Å². The highest BCUT2D eigenvalue weighted by molar-refractivity contribution is 8.00. The summed E-state index contributed by atoms with van der Waals surface area (Å²) in [6.07, 6.45) is 1.09.